The normalized spacial score (nSPS) is 24.8. The zero-order valence-electron chi connectivity index (χ0n) is 25.8. The van der Waals surface area contributed by atoms with Crippen molar-refractivity contribution in [1.29, 1.82) is 0 Å². The summed E-state index contributed by atoms with van der Waals surface area (Å²) in [5.41, 5.74) is 4.57. The van der Waals surface area contributed by atoms with Crippen LogP contribution in [0, 0.1) is 5.82 Å². The number of nitrogens with one attached hydrogen (secondary N) is 2. The lowest BCUT2D eigenvalue weighted by atomic mass is 9.87. The Hall–Kier alpha value is -3.32. The summed E-state index contributed by atoms with van der Waals surface area (Å²) in [4.78, 5) is 31.0. The first-order valence-electron chi connectivity index (χ1n) is 15.6. The number of halogens is 2. The molecule has 2 aromatic carbocycles. The van der Waals surface area contributed by atoms with E-state index in [9.17, 15) is 19.1 Å². The number of aliphatic hydroxyl groups is 1. The van der Waals surface area contributed by atoms with Crippen molar-refractivity contribution in [3.05, 3.63) is 86.0 Å². The van der Waals surface area contributed by atoms with Crippen LogP contribution in [-0.2, 0) is 18.4 Å². The monoisotopic (exact) mass is 681 g/mol. The summed E-state index contributed by atoms with van der Waals surface area (Å²) >= 11 is 3.43. The molecule has 3 aromatic rings. The summed E-state index contributed by atoms with van der Waals surface area (Å²) in [6.07, 6.45) is 2.31. The second-order valence-electron chi connectivity index (χ2n) is 12.7. The van der Waals surface area contributed by atoms with Gasteiger partial charge in [-0.2, -0.15) is 5.10 Å². The van der Waals surface area contributed by atoms with Crippen molar-refractivity contribution in [2.24, 2.45) is 7.05 Å². The van der Waals surface area contributed by atoms with Gasteiger partial charge in [0.05, 0.1) is 11.9 Å². The van der Waals surface area contributed by atoms with Crippen LogP contribution in [0.5, 0.6) is 0 Å². The fraction of sp³-hybridized carbons (Fsp3) is 0.485. The Morgan fingerprint density at radius 3 is 2.56 bits per heavy atom. The number of amides is 1. The smallest absolute Gasteiger partial charge is 0.282 e. The molecule has 1 aromatic heterocycles. The van der Waals surface area contributed by atoms with Crippen LogP contribution in [0.3, 0.4) is 0 Å². The highest BCUT2D eigenvalue weighted by Gasteiger charge is 2.31. The van der Waals surface area contributed by atoms with Crippen LogP contribution in [0.4, 0.5) is 15.8 Å². The number of aliphatic hydroxyl groups excluding tert-OH is 1. The number of hydrogen-bond donors (Lipinski definition) is 3. The molecule has 0 spiro atoms. The maximum Gasteiger partial charge on any atom is 0.282 e. The van der Waals surface area contributed by atoms with Crippen molar-refractivity contribution in [2.45, 2.75) is 49.9 Å². The molecule has 3 fully saturated rings. The number of rotatable bonds is 7. The standard InChI is InChI=1S/C33H41BrFN7O3/c1-39-19-23(15-24(20-39)37-29-17-36-40(2)33(45)31(29)34)22-5-3-21(4-6-22)18-41-11-13-42(14-12-41)25-7-9-28(35)27(16-25)26-8-10-30(43)38-32(26)44/h3-7,9,16-17,23-24,26,32,37,44H,8,10-15,18-20H2,1-2H3,(H,38,43)/t23-,24+,26?,32?/m1/s1. The van der Waals surface area contributed by atoms with E-state index in [0.717, 1.165) is 63.6 Å². The first-order valence-corrected chi connectivity index (χ1v) is 16.4. The third kappa shape index (κ3) is 7.24. The van der Waals surface area contributed by atoms with E-state index in [2.05, 4.69) is 77.7 Å². The molecule has 12 heteroatoms. The molecule has 0 bridgehead atoms. The van der Waals surface area contributed by atoms with Crippen molar-refractivity contribution in [1.82, 2.24) is 24.9 Å². The molecule has 3 N–H and O–H groups in total. The molecule has 4 heterocycles. The van der Waals surface area contributed by atoms with Gasteiger partial charge in [-0.25, -0.2) is 9.07 Å². The number of likely N-dealkylation sites (N-methyl/N-ethyl adjacent to an activating group) is 1. The van der Waals surface area contributed by atoms with Gasteiger partial charge >= 0.3 is 0 Å². The van der Waals surface area contributed by atoms with Crippen LogP contribution in [0.2, 0.25) is 0 Å². The zero-order valence-corrected chi connectivity index (χ0v) is 27.3. The topological polar surface area (TPSA) is 106 Å². The van der Waals surface area contributed by atoms with Gasteiger partial charge in [0.15, 0.2) is 0 Å². The van der Waals surface area contributed by atoms with Crippen molar-refractivity contribution < 1.29 is 14.3 Å². The van der Waals surface area contributed by atoms with Gasteiger partial charge < -0.3 is 25.5 Å². The average Bonchev–Trinajstić information content (AvgIpc) is 3.02. The van der Waals surface area contributed by atoms with Crippen LogP contribution in [0.1, 0.15) is 47.8 Å². The van der Waals surface area contributed by atoms with Crippen LogP contribution in [-0.4, -0.2) is 89.2 Å². The van der Waals surface area contributed by atoms with Gasteiger partial charge in [-0.1, -0.05) is 24.3 Å². The molecule has 2 unspecified atom stereocenters. The molecule has 0 radical (unpaired) electrons. The van der Waals surface area contributed by atoms with Crippen LogP contribution in [0.25, 0.3) is 0 Å². The Kier molecular flexibility index (Phi) is 9.55. The van der Waals surface area contributed by atoms with Gasteiger partial charge in [0.1, 0.15) is 16.5 Å². The number of anilines is 2. The number of benzene rings is 2. The Bertz CT molecular complexity index is 1580. The summed E-state index contributed by atoms with van der Waals surface area (Å²) in [5.74, 6) is -0.610. The molecule has 0 saturated carbocycles. The minimum atomic E-state index is -1.07. The first-order chi connectivity index (χ1) is 21.6. The number of nitrogens with zero attached hydrogens (tertiary/aromatic N) is 5. The quantitative estimate of drug-likeness (QED) is 0.349. The molecule has 3 aliphatic heterocycles. The molecule has 45 heavy (non-hydrogen) atoms. The van der Waals surface area contributed by atoms with Gasteiger partial charge in [0.25, 0.3) is 5.56 Å². The van der Waals surface area contributed by atoms with Crippen molar-refractivity contribution in [3.8, 4) is 0 Å². The molecule has 6 rings (SSSR count). The summed E-state index contributed by atoms with van der Waals surface area (Å²) < 4.78 is 16.6. The second-order valence-corrected chi connectivity index (χ2v) is 13.5. The molecule has 0 aliphatic carbocycles. The maximum absolute atomic E-state index is 14.7. The molecule has 4 atom stereocenters. The van der Waals surface area contributed by atoms with Crippen molar-refractivity contribution >= 4 is 33.2 Å². The fourth-order valence-corrected chi connectivity index (χ4v) is 7.41. The lowest BCUT2D eigenvalue weighted by Crippen LogP contribution is -2.46. The van der Waals surface area contributed by atoms with Crippen LogP contribution in [0.15, 0.2) is 57.9 Å². The van der Waals surface area contributed by atoms with Crippen LogP contribution < -0.4 is 21.1 Å². The summed E-state index contributed by atoms with van der Waals surface area (Å²) in [7, 11) is 3.78. The molecule has 3 aliphatic rings. The third-order valence-electron chi connectivity index (χ3n) is 9.42. The SMILES string of the molecule is CN1C[C@@H](Nc2cnn(C)c(=O)c2Br)C[C@@H](c2ccc(CN3CCN(c4ccc(F)c(C5CCC(=O)NC5O)c4)CC3)cc2)C1. The minimum Gasteiger partial charge on any atom is -0.379 e. The predicted molar refractivity (Wildman–Crippen MR) is 176 cm³/mol. The summed E-state index contributed by atoms with van der Waals surface area (Å²) in [5, 5.41) is 20.6. The van der Waals surface area contributed by atoms with E-state index >= 15 is 0 Å². The predicted octanol–water partition coefficient (Wildman–Crippen LogP) is 3.22. The fourth-order valence-electron chi connectivity index (χ4n) is 6.93. The van der Waals surface area contributed by atoms with Gasteiger partial charge in [0, 0.05) is 76.9 Å². The second kappa shape index (κ2) is 13.6. The summed E-state index contributed by atoms with van der Waals surface area (Å²) in [6, 6.07) is 14.3. The highest BCUT2D eigenvalue weighted by atomic mass is 79.9. The number of piperazine rings is 1. The molecular formula is C33H41BrFN7O3. The third-order valence-corrected chi connectivity index (χ3v) is 10.2. The van der Waals surface area contributed by atoms with Crippen LogP contribution >= 0.6 is 15.9 Å². The van der Waals surface area contributed by atoms with Gasteiger partial charge in [0.2, 0.25) is 5.91 Å². The lowest BCUT2D eigenvalue weighted by Gasteiger charge is -2.37. The molecule has 10 nitrogen and oxygen atoms in total. The number of carbonyl (C=O) groups excluding carboxylic acids is 1. The largest absolute Gasteiger partial charge is 0.379 e. The number of aryl methyl sites for hydroxylation is 1. The van der Waals surface area contributed by atoms with E-state index < -0.39 is 12.1 Å². The van der Waals surface area contributed by atoms with E-state index in [1.165, 1.54) is 21.9 Å². The zero-order chi connectivity index (χ0) is 31.7. The number of aromatic nitrogens is 2. The molecule has 3 saturated heterocycles. The van der Waals surface area contributed by atoms with Gasteiger partial charge in [-0.3, -0.25) is 14.5 Å². The van der Waals surface area contributed by atoms with Crippen molar-refractivity contribution in [2.75, 3.05) is 56.5 Å². The molecule has 240 valence electrons. The van der Waals surface area contributed by atoms with E-state index in [0.29, 0.717) is 22.4 Å². The van der Waals surface area contributed by atoms with E-state index in [1.807, 2.05) is 6.07 Å². The highest BCUT2D eigenvalue weighted by molar-refractivity contribution is 9.10. The number of likely N-dealkylation sites (tertiary alicyclic amines) is 1. The number of hydrogen-bond acceptors (Lipinski definition) is 8. The average molecular weight is 683 g/mol. The van der Waals surface area contributed by atoms with E-state index in [-0.39, 0.29) is 29.7 Å². The number of carbonyl (C=O) groups is 1. The van der Waals surface area contributed by atoms with Gasteiger partial charge in [-0.05, 0) is 76.6 Å². The Labute approximate surface area is 271 Å². The molecular weight excluding hydrogens is 641 g/mol. The Balaban J connectivity index is 1.03. The van der Waals surface area contributed by atoms with Gasteiger partial charge in [-0.15, -0.1) is 0 Å². The van der Waals surface area contributed by atoms with E-state index in [1.54, 1.807) is 19.3 Å². The molecule has 1 amide bonds. The number of piperidine rings is 2. The highest BCUT2D eigenvalue weighted by Crippen LogP contribution is 2.33. The lowest BCUT2D eigenvalue weighted by molar-refractivity contribution is -0.127. The Morgan fingerprint density at radius 2 is 1.82 bits per heavy atom. The minimum absolute atomic E-state index is 0.157. The van der Waals surface area contributed by atoms with E-state index in [4.69, 9.17) is 0 Å². The Morgan fingerprint density at radius 1 is 1.07 bits per heavy atom. The summed E-state index contributed by atoms with van der Waals surface area (Å²) in [6.45, 7) is 6.19. The maximum atomic E-state index is 14.7. The first kappa shape index (κ1) is 31.7. The van der Waals surface area contributed by atoms with Crippen molar-refractivity contribution in [3.63, 3.8) is 0 Å².